The van der Waals surface area contributed by atoms with Crippen molar-refractivity contribution in [3.05, 3.63) is 42.1 Å². The molecule has 1 aromatic heterocycles. The van der Waals surface area contributed by atoms with Gasteiger partial charge >= 0.3 is 0 Å². The summed E-state index contributed by atoms with van der Waals surface area (Å²) in [7, 11) is 1.74. The molecule has 1 saturated carbocycles. The molecule has 0 unspecified atom stereocenters. The molecule has 1 amide bonds. The summed E-state index contributed by atoms with van der Waals surface area (Å²) in [5.74, 6) is 0.742. The summed E-state index contributed by atoms with van der Waals surface area (Å²) < 4.78 is 0. The molecule has 1 heterocycles. The third kappa shape index (κ3) is 7.16. The van der Waals surface area contributed by atoms with Crippen LogP contribution in [0.3, 0.4) is 0 Å². The first-order chi connectivity index (χ1) is 15.4. The molecule has 2 atom stereocenters. The smallest absolute Gasteiger partial charge is 0.276 e. The van der Waals surface area contributed by atoms with Gasteiger partial charge in [-0.2, -0.15) is 4.98 Å². The molecule has 1 aliphatic rings. The van der Waals surface area contributed by atoms with Crippen LogP contribution < -0.4 is 15.5 Å². The van der Waals surface area contributed by atoms with Gasteiger partial charge in [-0.3, -0.25) is 4.79 Å². The van der Waals surface area contributed by atoms with E-state index in [1.54, 1.807) is 18.0 Å². The highest BCUT2D eigenvalue weighted by molar-refractivity contribution is 6.04. The number of rotatable bonds is 7. The molecule has 0 bridgehead atoms. The maximum absolute atomic E-state index is 13.3. The van der Waals surface area contributed by atoms with E-state index in [1.165, 1.54) is 0 Å². The van der Waals surface area contributed by atoms with Crippen LogP contribution >= 0.6 is 0 Å². The van der Waals surface area contributed by atoms with Gasteiger partial charge in [0, 0.05) is 24.3 Å². The van der Waals surface area contributed by atoms with Gasteiger partial charge in [-0.05, 0) is 50.7 Å². The standard InChI is InChI=1S/C26H39N5O2/c1-25(2,3)17-26(4,5)30-22-16-20(23(33)31(6)18-12-8-7-9-13-18)28-24(29-22)27-19-14-10-11-15-21(19)32/h7-9,12-13,16,19,21,32H,10-11,14-15,17H2,1-6H3,(H2,27,28,29,30)/t19-,21-/m0/s1. The first kappa shape index (κ1) is 25.0. The highest BCUT2D eigenvalue weighted by Crippen LogP contribution is 2.30. The third-order valence-electron chi connectivity index (χ3n) is 5.88. The molecule has 33 heavy (non-hydrogen) atoms. The average molecular weight is 454 g/mol. The van der Waals surface area contributed by atoms with Crippen molar-refractivity contribution in [2.45, 2.75) is 84.4 Å². The second kappa shape index (κ2) is 10.1. The van der Waals surface area contributed by atoms with Crippen molar-refractivity contribution in [2.75, 3.05) is 22.6 Å². The fraction of sp³-hybridized carbons (Fsp3) is 0.577. The quantitative estimate of drug-likeness (QED) is 0.541. The van der Waals surface area contributed by atoms with Crippen molar-refractivity contribution in [2.24, 2.45) is 5.41 Å². The number of carbonyl (C=O) groups excluding carboxylic acids is 1. The number of aromatic nitrogens is 2. The van der Waals surface area contributed by atoms with E-state index >= 15 is 0 Å². The van der Waals surface area contributed by atoms with E-state index in [0.717, 1.165) is 37.8 Å². The van der Waals surface area contributed by atoms with Crippen molar-refractivity contribution in [3.63, 3.8) is 0 Å². The Morgan fingerprint density at radius 1 is 1.09 bits per heavy atom. The van der Waals surface area contributed by atoms with Crippen LogP contribution in [0.1, 0.15) is 77.2 Å². The highest BCUT2D eigenvalue weighted by Gasteiger charge is 2.28. The molecule has 0 aliphatic heterocycles. The molecule has 3 rings (SSSR count). The minimum absolute atomic E-state index is 0.119. The Kier molecular flexibility index (Phi) is 7.62. The van der Waals surface area contributed by atoms with E-state index in [0.29, 0.717) is 17.5 Å². The van der Waals surface area contributed by atoms with E-state index in [-0.39, 0.29) is 22.9 Å². The van der Waals surface area contributed by atoms with Gasteiger partial charge in [0.05, 0.1) is 12.1 Å². The van der Waals surface area contributed by atoms with Crippen molar-refractivity contribution >= 4 is 23.4 Å². The minimum Gasteiger partial charge on any atom is -0.391 e. The Bertz CT molecular complexity index is 939. The lowest BCUT2D eigenvalue weighted by atomic mass is 9.82. The van der Waals surface area contributed by atoms with Crippen LogP contribution in [0.2, 0.25) is 0 Å². The van der Waals surface area contributed by atoms with Gasteiger partial charge in [-0.25, -0.2) is 4.98 Å². The van der Waals surface area contributed by atoms with E-state index in [4.69, 9.17) is 0 Å². The Labute approximate surface area is 198 Å². The molecular weight excluding hydrogens is 414 g/mol. The van der Waals surface area contributed by atoms with Gasteiger partial charge in [0.2, 0.25) is 5.95 Å². The fourth-order valence-corrected chi connectivity index (χ4v) is 4.79. The second-order valence-electron chi connectivity index (χ2n) is 11.0. The second-order valence-corrected chi connectivity index (χ2v) is 11.0. The molecule has 1 fully saturated rings. The Hall–Kier alpha value is -2.67. The number of amides is 1. The number of aliphatic hydroxyl groups excluding tert-OH is 1. The van der Waals surface area contributed by atoms with E-state index in [1.807, 2.05) is 30.3 Å². The molecule has 0 spiro atoms. The first-order valence-corrected chi connectivity index (χ1v) is 11.9. The monoisotopic (exact) mass is 453 g/mol. The van der Waals surface area contributed by atoms with E-state index in [2.05, 4.69) is 55.2 Å². The van der Waals surface area contributed by atoms with Gasteiger partial charge in [-0.1, -0.05) is 51.8 Å². The largest absolute Gasteiger partial charge is 0.391 e. The lowest BCUT2D eigenvalue weighted by Gasteiger charge is -2.34. The minimum atomic E-state index is -0.442. The number of aliphatic hydroxyl groups is 1. The van der Waals surface area contributed by atoms with Gasteiger partial charge in [-0.15, -0.1) is 0 Å². The number of anilines is 3. The third-order valence-corrected chi connectivity index (χ3v) is 5.88. The highest BCUT2D eigenvalue weighted by atomic mass is 16.3. The molecule has 1 aromatic carbocycles. The van der Waals surface area contributed by atoms with Crippen molar-refractivity contribution in [1.29, 1.82) is 0 Å². The summed E-state index contributed by atoms with van der Waals surface area (Å²) in [6.45, 7) is 10.9. The van der Waals surface area contributed by atoms with Gasteiger partial charge < -0.3 is 20.6 Å². The molecular formula is C26H39N5O2. The molecule has 180 valence electrons. The summed E-state index contributed by atoms with van der Waals surface area (Å²) in [6, 6.07) is 11.1. The van der Waals surface area contributed by atoms with Crippen LogP contribution in [-0.4, -0.2) is 45.7 Å². The van der Waals surface area contributed by atoms with Crippen molar-refractivity contribution in [1.82, 2.24) is 9.97 Å². The number of carbonyl (C=O) groups is 1. The Balaban J connectivity index is 1.92. The fourth-order valence-electron chi connectivity index (χ4n) is 4.79. The van der Waals surface area contributed by atoms with Gasteiger partial charge in [0.25, 0.3) is 5.91 Å². The zero-order chi connectivity index (χ0) is 24.2. The van der Waals surface area contributed by atoms with Gasteiger partial charge in [0.1, 0.15) is 11.5 Å². The normalized spacial score (nSPS) is 19.1. The maximum atomic E-state index is 13.3. The van der Waals surface area contributed by atoms with Crippen LogP contribution in [0.4, 0.5) is 17.5 Å². The van der Waals surface area contributed by atoms with Crippen LogP contribution in [0.5, 0.6) is 0 Å². The van der Waals surface area contributed by atoms with Crippen LogP contribution in [-0.2, 0) is 0 Å². The molecule has 2 aromatic rings. The topological polar surface area (TPSA) is 90.4 Å². The SMILES string of the molecule is CN(C(=O)c1cc(NC(C)(C)CC(C)(C)C)nc(N[C@H]2CCCC[C@@H]2O)n1)c1ccccc1. The Morgan fingerprint density at radius 3 is 2.39 bits per heavy atom. The van der Waals surface area contributed by atoms with Crippen LogP contribution in [0.15, 0.2) is 36.4 Å². The molecule has 7 nitrogen and oxygen atoms in total. The number of hydrogen-bond acceptors (Lipinski definition) is 6. The molecule has 1 aliphatic carbocycles. The zero-order valence-electron chi connectivity index (χ0n) is 20.9. The zero-order valence-corrected chi connectivity index (χ0v) is 20.9. The molecule has 7 heteroatoms. The summed E-state index contributed by atoms with van der Waals surface area (Å²) in [5, 5.41) is 17.2. The predicted octanol–water partition coefficient (Wildman–Crippen LogP) is 5.10. The Morgan fingerprint density at radius 2 is 1.76 bits per heavy atom. The van der Waals surface area contributed by atoms with E-state index in [9.17, 15) is 9.90 Å². The average Bonchev–Trinajstić information content (AvgIpc) is 2.72. The van der Waals surface area contributed by atoms with Crippen LogP contribution in [0.25, 0.3) is 0 Å². The number of benzene rings is 1. The predicted molar refractivity (Wildman–Crippen MR) is 135 cm³/mol. The van der Waals surface area contributed by atoms with E-state index < -0.39 is 6.10 Å². The number of para-hydroxylation sites is 1. The number of nitrogens with zero attached hydrogens (tertiary/aromatic N) is 3. The first-order valence-electron chi connectivity index (χ1n) is 11.9. The maximum Gasteiger partial charge on any atom is 0.276 e. The van der Waals surface area contributed by atoms with Crippen LogP contribution in [0, 0.1) is 5.41 Å². The summed E-state index contributed by atoms with van der Waals surface area (Å²) >= 11 is 0. The van der Waals surface area contributed by atoms with Crippen molar-refractivity contribution < 1.29 is 9.90 Å². The lowest BCUT2D eigenvalue weighted by Crippen LogP contribution is -2.38. The molecule has 0 radical (unpaired) electrons. The molecule has 0 saturated heterocycles. The summed E-state index contributed by atoms with van der Waals surface area (Å²) in [4.78, 5) is 24.1. The van der Waals surface area contributed by atoms with Crippen molar-refractivity contribution in [3.8, 4) is 0 Å². The summed E-state index contributed by atoms with van der Waals surface area (Å²) in [5.41, 5.74) is 0.988. The number of nitrogens with one attached hydrogen (secondary N) is 2. The lowest BCUT2D eigenvalue weighted by molar-refractivity contribution is 0.0988. The van der Waals surface area contributed by atoms with Gasteiger partial charge in [0.15, 0.2) is 0 Å². The summed E-state index contributed by atoms with van der Waals surface area (Å²) in [6.07, 6.45) is 4.16. The number of hydrogen-bond donors (Lipinski definition) is 3. The molecule has 3 N–H and O–H groups in total.